The van der Waals surface area contributed by atoms with Gasteiger partial charge in [0.25, 0.3) is 0 Å². The first kappa shape index (κ1) is 12.8. The van der Waals surface area contributed by atoms with E-state index in [9.17, 15) is 13.2 Å². The second-order valence-corrected chi connectivity index (χ2v) is 7.90. The van der Waals surface area contributed by atoms with Crippen molar-refractivity contribution < 1.29 is 13.2 Å². The number of sulfone groups is 1. The van der Waals surface area contributed by atoms with Crippen LogP contribution in [0.5, 0.6) is 0 Å². The van der Waals surface area contributed by atoms with Gasteiger partial charge in [0.05, 0.1) is 17.4 Å². The zero-order valence-electron chi connectivity index (χ0n) is 10.4. The first-order valence-electron chi connectivity index (χ1n) is 6.03. The Morgan fingerprint density at radius 1 is 1.41 bits per heavy atom. The molecule has 1 unspecified atom stereocenters. The first-order valence-corrected chi connectivity index (χ1v) is 7.85. The fraction of sp³-hybridized carbons (Fsp3) is 0.909. The van der Waals surface area contributed by atoms with Crippen LogP contribution in [0.15, 0.2) is 0 Å². The minimum atomic E-state index is -2.97. The summed E-state index contributed by atoms with van der Waals surface area (Å²) in [6.07, 6.45) is 0.492. The number of hydrogen-bond acceptors (Lipinski definition) is 4. The number of rotatable bonds is 1. The van der Waals surface area contributed by atoms with Crippen molar-refractivity contribution in [3.05, 3.63) is 0 Å². The van der Waals surface area contributed by atoms with Crippen molar-refractivity contribution in [1.29, 1.82) is 0 Å². The SMILES string of the molecule is CC1(C)CN(C(=O)C2CCS(=O)(=O)C2)CCN1. The van der Waals surface area contributed by atoms with E-state index in [1.165, 1.54) is 0 Å². The van der Waals surface area contributed by atoms with E-state index in [-0.39, 0.29) is 28.9 Å². The molecule has 2 heterocycles. The molecule has 0 aromatic heterocycles. The highest BCUT2D eigenvalue weighted by molar-refractivity contribution is 7.91. The zero-order chi connectivity index (χ0) is 12.7. The summed E-state index contributed by atoms with van der Waals surface area (Å²) in [5, 5.41) is 3.34. The standard InChI is InChI=1S/C11H20N2O3S/c1-11(2)8-13(5-4-12-11)10(14)9-3-6-17(15,16)7-9/h9,12H,3-8H2,1-2H3. The summed E-state index contributed by atoms with van der Waals surface area (Å²) in [5.74, 6) is -0.0933. The maximum atomic E-state index is 12.2. The van der Waals surface area contributed by atoms with Crippen molar-refractivity contribution in [1.82, 2.24) is 10.2 Å². The molecule has 1 amide bonds. The van der Waals surface area contributed by atoms with E-state index in [0.29, 0.717) is 19.5 Å². The number of piperazine rings is 1. The summed E-state index contributed by atoms with van der Waals surface area (Å²) in [5.41, 5.74) is -0.0780. The number of carbonyl (C=O) groups excluding carboxylic acids is 1. The molecule has 2 rings (SSSR count). The lowest BCUT2D eigenvalue weighted by molar-refractivity contribution is -0.136. The molecule has 0 radical (unpaired) electrons. The lowest BCUT2D eigenvalue weighted by atomic mass is 10.00. The van der Waals surface area contributed by atoms with Crippen molar-refractivity contribution in [2.24, 2.45) is 5.92 Å². The molecule has 98 valence electrons. The Morgan fingerprint density at radius 3 is 2.65 bits per heavy atom. The summed E-state index contributed by atoms with van der Waals surface area (Å²) in [7, 11) is -2.97. The van der Waals surface area contributed by atoms with Crippen LogP contribution in [0, 0.1) is 5.92 Å². The molecule has 2 aliphatic rings. The van der Waals surface area contributed by atoms with Crippen molar-refractivity contribution in [2.75, 3.05) is 31.1 Å². The fourth-order valence-corrected chi connectivity index (χ4v) is 4.31. The van der Waals surface area contributed by atoms with Gasteiger partial charge in [-0.15, -0.1) is 0 Å². The van der Waals surface area contributed by atoms with Gasteiger partial charge in [0.2, 0.25) is 5.91 Å². The molecule has 0 aromatic rings. The third kappa shape index (κ3) is 2.98. The number of nitrogens with one attached hydrogen (secondary N) is 1. The number of nitrogens with zero attached hydrogens (tertiary/aromatic N) is 1. The van der Waals surface area contributed by atoms with Crippen LogP contribution in [0.3, 0.4) is 0 Å². The molecule has 2 aliphatic heterocycles. The maximum Gasteiger partial charge on any atom is 0.226 e. The van der Waals surface area contributed by atoms with E-state index in [2.05, 4.69) is 19.2 Å². The molecule has 1 atom stereocenters. The minimum absolute atomic E-state index is 0.0145. The lowest BCUT2D eigenvalue weighted by Crippen LogP contribution is -2.59. The molecule has 0 saturated carbocycles. The van der Waals surface area contributed by atoms with E-state index in [0.717, 1.165) is 6.54 Å². The van der Waals surface area contributed by atoms with E-state index in [1.807, 2.05) is 4.90 Å². The third-order valence-corrected chi connectivity index (χ3v) is 5.23. The molecule has 6 heteroatoms. The quantitative estimate of drug-likeness (QED) is 0.698. The van der Waals surface area contributed by atoms with Gasteiger partial charge in [-0.25, -0.2) is 8.42 Å². The van der Waals surface area contributed by atoms with Gasteiger partial charge in [-0.1, -0.05) is 0 Å². The third-order valence-electron chi connectivity index (χ3n) is 3.46. The van der Waals surface area contributed by atoms with Gasteiger partial charge < -0.3 is 10.2 Å². The van der Waals surface area contributed by atoms with Gasteiger partial charge in [-0.2, -0.15) is 0 Å². The second kappa shape index (κ2) is 4.24. The van der Waals surface area contributed by atoms with Gasteiger partial charge in [0.1, 0.15) is 0 Å². The predicted molar refractivity (Wildman–Crippen MR) is 65.4 cm³/mol. The summed E-state index contributed by atoms with van der Waals surface area (Å²) >= 11 is 0. The van der Waals surface area contributed by atoms with E-state index < -0.39 is 9.84 Å². The van der Waals surface area contributed by atoms with Gasteiger partial charge in [0.15, 0.2) is 9.84 Å². The summed E-state index contributed by atoms with van der Waals surface area (Å²) in [4.78, 5) is 14.0. The summed E-state index contributed by atoms with van der Waals surface area (Å²) in [6, 6.07) is 0. The first-order chi connectivity index (χ1) is 7.79. The van der Waals surface area contributed by atoms with E-state index >= 15 is 0 Å². The monoisotopic (exact) mass is 260 g/mol. The van der Waals surface area contributed by atoms with Crippen LogP contribution >= 0.6 is 0 Å². The van der Waals surface area contributed by atoms with Crippen LogP contribution < -0.4 is 5.32 Å². The lowest BCUT2D eigenvalue weighted by Gasteiger charge is -2.40. The van der Waals surface area contributed by atoms with Crippen molar-refractivity contribution in [3.63, 3.8) is 0 Å². The second-order valence-electron chi connectivity index (χ2n) is 5.67. The Hall–Kier alpha value is -0.620. The fourth-order valence-electron chi connectivity index (χ4n) is 2.58. The molecule has 2 fully saturated rings. The summed E-state index contributed by atoms with van der Waals surface area (Å²) < 4.78 is 22.7. The Labute approximate surface area is 102 Å². The van der Waals surface area contributed by atoms with Crippen LogP contribution in [-0.4, -0.2) is 55.9 Å². The highest BCUT2D eigenvalue weighted by Crippen LogP contribution is 2.22. The minimum Gasteiger partial charge on any atom is -0.339 e. The van der Waals surface area contributed by atoms with Crippen LogP contribution in [0.2, 0.25) is 0 Å². The van der Waals surface area contributed by atoms with Crippen molar-refractivity contribution >= 4 is 15.7 Å². The molecule has 1 N–H and O–H groups in total. The van der Waals surface area contributed by atoms with Gasteiger partial charge in [-0.3, -0.25) is 4.79 Å². The molecule has 0 aliphatic carbocycles. The van der Waals surface area contributed by atoms with Crippen molar-refractivity contribution in [2.45, 2.75) is 25.8 Å². The Bertz CT molecular complexity index is 416. The highest BCUT2D eigenvalue weighted by atomic mass is 32.2. The Morgan fingerprint density at radius 2 is 2.12 bits per heavy atom. The van der Waals surface area contributed by atoms with Gasteiger partial charge >= 0.3 is 0 Å². The average molecular weight is 260 g/mol. The Balaban J connectivity index is 2.01. The maximum absolute atomic E-state index is 12.2. The predicted octanol–water partition coefficient (Wildman–Crippen LogP) is -0.368. The van der Waals surface area contributed by atoms with Crippen LogP contribution in [0.25, 0.3) is 0 Å². The smallest absolute Gasteiger partial charge is 0.226 e. The molecule has 5 nitrogen and oxygen atoms in total. The topological polar surface area (TPSA) is 66.5 Å². The normalized spacial score (nSPS) is 31.4. The number of amides is 1. The summed E-state index contributed by atoms with van der Waals surface area (Å²) in [6.45, 7) is 6.22. The van der Waals surface area contributed by atoms with E-state index in [4.69, 9.17) is 0 Å². The molecule has 0 aromatic carbocycles. The number of hydrogen-bond donors (Lipinski definition) is 1. The van der Waals surface area contributed by atoms with Crippen LogP contribution in [0.4, 0.5) is 0 Å². The molecule has 2 saturated heterocycles. The molecule has 17 heavy (non-hydrogen) atoms. The molecule has 0 bridgehead atoms. The van der Waals surface area contributed by atoms with Gasteiger partial charge in [-0.05, 0) is 20.3 Å². The number of carbonyl (C=O) groups is 1. The van der Waals surface area contributed by atoms with E-state index in [1.54, 1.807) is 0 Å². The molecular formula is C11H20N2O3S. The largest absolute Gasteiger partial charge is 0.339 e. The van der Waals surface area contributed by atoms with Gasteiger partial charge in [0, 0.05) is 25.2 Å². The molecular weight excluding hydrogens is 240 g/mol. The van der Waals surface area contributed by atoms with Crippen LogP contribution in [0.1, 0.15) is 20.3 Å². The molecule has 0 spiro atoms. The Kier molecular flexibility index (Phi) is 3.20. The average Bonchev–Trinajstić information content (AvgIpc) is 2.56. The highest BCUT2D eigenvalue weighted by Gasteiger charge is 2.37. The van der Waals surface area contributed by atoms with Crippen LogP contribution in [-0.2, 0) is 14.6 Å². The van der Waals surface area contributed by atoms with Crippen molar-refractivity contribution in [3.8, 4) is 0 Å². The zero-order valence-corrected chi connectivity index (χ0v) is 11.2.